The molecule has 1 aliphatic carbocycles. The van der Waals surface area contributed by atoms with Gasteiger partial charge in [0.1, 0.15) is 0 Å². The van der Waals surface area contributed by atoms with Crippen molar-refractivity contribution in [2.24, 2.45) is 5.92 Å². The average molecular weight is 209 g/mol. The van der Waals surface area contributed by atoms with Gasteiger partial charge < -0.3 is 5.32 Å². The van der Waals surface area contributed by atoms with Gasteiger partial charge in [0.25, 0.3) is 0 Å². The van der Waals surface area contributed by atoms with Crippen LogP contribution in [0.4, 0.5) is 0 Å². The summed E-state index contributed by atoms with van der Waals surface area (Å²) in [7, 11) is 1.92. The summed E-state index contributed by atoms with van der Waals surface area (Å²) in [5.74, 6) is 1.93. The lowest BCUT2D eigenvalue weighted by Crippen LogP contribution is -2.18. The second-order valence-electron chi connectivity index (χ2n) is 4.36. The molecule has 1 heterocycles. The van der Waals surface area contributed by atoms with Gasteiger partial charge in [-0.2, -0.15) is 0 Å². The van der Waals surface area contributed by atoms with Crippen LogP contribution in [0.1, 0.15) is 44.5 Å². The molecule has 5 nitrogen and oxygen atoms in total. The summed E-state index contributed by atoms with van der Waals surface area (Å²) in [6.07, 6.45) is 5.37. The molecule has 0 amide bonds. The van der Waals surface area contributed by atoms with Gasteiger partial charge in [0.05, 0.1) is 6.04 Å². The van der Waals surface area contributed by atoms with Gasteiger partial charge in [0, 0.05) is 6.54 Å². The van der Waals surface area contributed by atoms with Gasteiger partial charge in [-0.15, -0.1) is 5.10 Å². The number of hydrogen-bond acceptors (Lipinski definition) is 4. The van der Waals surface area contributed by atoms with Crippen molar-refractivity contribution in [3.8, 4) is 0 Å². The molecule has 0 spiro atoms. The Morgan fingerprint density at radius 2 is 2.33 bits per heavy atom. The molecule has 1 N–H and O–H groups in total. The van der Waals surface area contributed by atoms with Gasteiger partial charge in [-0.1, -0.05) is 12.8 Å². The van der Waals surface area contributed by atoms with Crippen LogP contribution in [0, 0.1) is 5.92 Å². The molecule has 0 aliphatic heterocycles. The Morgan fingerprint density at radius 3 is 3.00 bits per heavy atom. The fourth-order valence-corrected chi connectivity index (χ4v) is 1.75. The Morgan fingerprint density at radius 1 is 1.53 bits per heavy atom. The van der Waals surface area contributed by atoms with Crippen molar-refractivity contribution in [1.82, 2.24) is 25.5 Å². The van der Waals surface area contributed by atoms with E-state index in [0.29, 0.717) is 0 Å². The third-order valence-corrected chi connectivity index (χ3v) is 3.06. The normalized spacial score (nSPS) is 18.0. The number of aryl methyl sites for hydroxylation is 1. The van der Waals surface area contributed by atoms with E-state index < -0.39 is 0 Å². The van der Waals surface area contributed by atoms with E-state index in [1.807, 2.05) is 11.7 Å². The smallest absolute Gasteiger partial charge is 0.167 e. The fourth-order valence-electron chi connectivity index (χ4n) is 1.75. The number of aromatic nitrogens is 4. The first-order valence-electron chi connectivity index (χ1n) is 5.74. The molecule has 84 valence electrons. The van der Waals surface area contributed by atoms with Crippen molar-refractivity contribution in [3.63, 3.8) is 0 Å². The van der Waals surface area contributed by atoms with E-state index in [-0.39, 0.29) is 6.04 Å². The second kappa shape index (κ2) is 4.70. The van der Waals surface area contributed by atoms with Crippen LogP contribution in [0.15, 0.2) is 0 Å². The highest BCUT2D eigenvalue weighted by Gasteiger charge is 2.20. The van der Waals surface area contributed by atoms with Gasteiger partial charge >= 0.3 is 0 Å². The molecule has 1 fully saturated rings. The third-order valence-electron chi connectivity index (χ3n) is 3.06. The molecular formula is C10H19N5. The van der Waals surface area contributed by atoms with Crippen LogP contribution >= 0.6 is 0 Å². The second-order valence-corrected chi connectivity index (χ2v) is 4.36. The number of nitrogens with one attached hydrogen (secondary N) is 1. The SMILES string of the molecule is CNC(C)c1nnnn1CCCC1CC1. The maximum absolute atomic E-state index is 4.04. The van der Waals surface area contributed by atoms with E-state index in [0.717, 1.165) is 18.3 Å². The van der Waals surface area contributed by atoms with Crippen LogP contribution < -0.4 is 5.32 Å². The molecule has 5 heteroatoms. The van der Waals surface area contributed by atoms with Gasteiger partial charge in [-0.05, 0) is 43.2 Å². The topological polar surface area (TPSA) is 55.6 Å². The monoisotopic (exact) mass is 209 g/mol. The molecule has 1 aromatic rings. The molecular weight excluding hydrogens is 190 g/mol. The largest absolute Gasteiger partial charge is 0.311 e. The van der Waals surface area contributed by atoms with Crippen molar-refractivity contribution in [2.45, 2.75) is 45.2 Å². The fraction of sp³-hybridized carbons (Fsp3) is 0.900. The summed E-state index contributed by atoms with van der Waals surface area (Å²) < 4.78 is 1.92. The van der Waals surface area contributed by atoms with Crippen LogP contribution in [-0.4, -0.2) is 27.3 Å². The molecule has 1 saturated carbocycles. The Hall–Kier alpha value is -0.970. The Bertz CT molecular complexity index is 305. The molecule has 1 aromatic heterocycles. The van der Waals surface area contributed by atoms with E-state index in [2.05, 4.69) is 27.8 Å². The predicted octanol–water partition coefficient (Wildman–Crippen LogP) is 1.14. The first kappa shape index (κ1) is 10.5. The predicted molar refractivity (Wildman–Crippen MR) is 57.2 cm³/mol. The molecule has 15 heavy (non-hydrogen) atoms. The zero-order valence-electron chi connectivity index (χ0n) is 9.48. The van der Waals surface area contributed by atoms with Crippen LogP contribution in [0.3, 0.4) is 0 Å². The molecule has 0 bridgehead atoms. The van der Waals surface area contributed by atoms with E-state index >= 15 is 0 Å². The quantitative estimate of drug-likeness (QED) is 0.763. The summed E-state index contributed by atoms with van der Waals surface area (Å²) in [6, 6.07) is 0.223. The Balaban J connectivity index is 1.85. The Kier molecular flexibility index (Phi) is 3.30. The highest BCUT2D eigenvalue weighted by atomic mass is 15.5. The maximum Gasteiger partial charge on any atom is 0.167 e. The minimum absolute atomic E-state index is 0.223. The first-order chi connectivity index (χ1) is 7.31. The number of nitrogens with zero attached hydrogens (tertiary/aromatic N) is 4. The van der Waals surface area contributed by atoms with Crippen LogP contribution in [0.2, 0.25) is 0 Å². The van der Waals surface area contributed by atoms with Gasteiger partial charge in [-0.3, -0.25) is 0 Å². The molecule has 1 atom stereocenters. The van der Waals surface area contributed by atoms with Crippen molar-refractivity contribution in [3.05, 3.63) is 5.82 Å². The maximum atomic E-state index is 4.04. The van der Waals surface area contributed by atoms with Gasteiger partial charge in [-0.25, -0.2) is 4.68 Å². The van der Waals surface area contributed by atoms with Crippen molar-refractivity contribution < 1.29 is 0 Å². The van der Waals surface area contributed by atoms with Crippen molar-refractivity contribution >= 4 is 0 Å². The summed E-state index contributed by atoms with van der Waals surface area (Å²) in [4.78, 5) is 0. The first-order valence-corrected chi connectivity index (χ1v) is 5.74. The number of tetrazole rings is 1. The van der Waals surface area contributed by atoms with E-state index in [4.69, 9.17) is 0 Å². The minimum atomic E-state index is 0.223. The van der Waals surface area contributed by atoms with E-state index in [9.17, 15) is 0 Å². The van der Waals surface area contributed by atoms with E-state index in [1.54, 1.807) is 0 Å². The highest BCUT2D eigenvalue weighted by Crippen LogP contribution is 2.33. The van der Waals surface area contributed by atoms with Crippen LogP contribution in [0.25, 0.3) is 0 Å². The zero-order valence-corrected chi connectivity index (χ0v) is 9.48. The molecule has 1 aliphatic rings. The van der Waals surface area contributed by atoms with Gasteiger partial charge in [0.2, 0.25) is 0 Å². The summed E-state index contributed by atoms with van der Waals surface area (Å²) in [5, 5.41) is 14.9. The lowest BCUT2D eigenvalue weighted by molar-refractivity contribution is 0.478. The average Bonchev–Trinajstić information content (AvgIpc) is 2.95. The lowest BCUT2D eigenvalue weighted by atomic mass is 10.2. The number of rotatable bonds is 6. The van der Waals surface area contributed by atoms with Gasteiger partial charge in [0.15, 0.2) is 5.82 Å². The highest BCUT2D eigenvalue weighted by molar-refractivity contribution is 4.88. The lowest BCUT2D eigenvalue weighted by Gasteiger charge is -2.09. The van der Waals surface area contributed by atoms with Crippen LogP contribution in [-0.2, 0) is 6.54 Å². The van der Waals surface area contributed by atoms with Crippen LogP contribution in [0.5, 0.6) is 0 Å². The Labute approximate surface area is 90.2 Å². The molecule has 2 rings (SSSR count). The van der Waals surface area contributed by atoms with Crippen molar-refractivity contribution in [1.29, 1.82) is 0 Å². The standard InChI is InChI=1S/C10H19N5/c1-8(11-2)10-12-13-14-15(10)7-3-4-9-5-6-9/h8-9,11H,3-7H2,1-2H3. The molecule has 0 aromatic carbocycles. The zero-order chi connectivity index (χ0) is 10.7. The minimum Gasteiger partial charge on any atom is -0.311 e. The molecule has 0 saturated heterocycles. The number of hydrogen-bond donors (Lipinski definition) is 1. The van der Waals surface area contributed by atoms with E-state index in [1.165, 1.54) is 25.7 Å². The molecule has 1 unspecified atom stereocenters. The third kappa shape index (κ3) is 2.75. The summed E-state index contributed by atoms with van der Waals surface area (Å²) in [5.41, 5.74) is 0. The summed E-state index contributed by atoms with van der Waals surface area (Å²) >= 11 is 0. The molecule has 0 radical (unpaired) electrons. The summed E-state index contributed by atoms with van der Waals surface area (Å²) in [6.45, 7) is 3.02. The van der Waals surface area contributed by atoms with Crippen molar-refractivity contribution in [2.75, 3.05) is 7.05 Å².